The lowest BCUT2D eigenvalue weighted by molar-refractivity contribution is -0.383. The molecule has 1 aromatic heterocycles. The summed E-state index contributed by atoms with van der Waals surface area (Å²) >= 11 is 6.07. The van der Waals surface area contributed by atoms with Crippen molar-refractivity contribution in [3.63, 3.8) is 0 Å². The van der Waals surface area contributed by atoms with E-state index >= 15 is 0 Å². The molecule has 0 spiro atoms. The highest BCUT2D eigenvalue weighted by Crippen LogP contribution is 2.34. The summed E-state index contributed by atoms with van der Waals surface area (Å²) in [5.41, 5.74) is 1.06. The molecule has 1 aromatic carbocycles. The zero-order valence-electron chi connectivity index (χ0n) is 9.52. The van der Waals surface area contributed by atoms with Crippen LogP contribution in [0.3, 0.4) is 0 Å². The van der Waals surface area contributed by atoms with Gasteiger partial charge in [0.1, 0.15) is 5.52 Å². The number of imidazole rings is 1. The highest BCUT2D eigenvalue weighted by molar-refractivity contribution is 6.35. The number of fused-ring (bicyclic) bond motifs is 3. The Kier molecular flexibility index (Phi) is 2.59. The fourth-order valence-electron chi connectivity index (χ4n) is 2.28. The van der Waals surface area contributed by atoms with Crippen LogP contribution in [0.15, 0.2) is 12.1 Å². The average Bonchev–Trinajstić information content (AvgIpc) is 2.55. The van der Waals surface area contributed by atoms with Crippen LogP contribution in [0, 0.1) is 10.1 Å². The van der Waals surface area contributed by atoms with E-state index < -0.39 is 4.92 Å². The van der Waals surface area contributed by atoms with E-state index in [1.807, 2.05) is 4.57 Å². The molecule has 2 heterocycles. The van der Waals surface area contributed by atoms with E-state index in [4.69, 9.17) is 11.6 Å². The van der Waals surface area contributed by atoms with Gasteiger partial charge in [-0.25, -0.2) is 4.98 Å². The van der Waals surface area contributed by atoms with Crippen LogP contribution in [0.2, 0.25) is 5.02 Å². The van der Waals surface area contributed by atoms with Crippen LogP contribution in [0.25, 0.3) is 11.0 Å². The number of anilines is 1. The molecule has 0 saturated carbocycles. The second kappa shape index (κ2) is 4.13. The van der Waals surface area contributed by atoms with Crippen LogP contribution < -0.4 is 5.32 Å². The number of aromatic nitrogens is 2. The minimum Gasteiger partial charge on any atom is -0.356 e. The van der Waals surface area contributed by atoms with Crippen molar-refractivity contribution in [2.75, 3.05) is 11.9 Å². The first kappa shape index (κ1) is 11.3. The van der Waals surface area contributed by atoms with Crippen molar-refractivity contribution in [1.82, 2.24) is 9.55 Å². The molecule has 0 unspecified atom stereocenters. The molecule has 7 heteroatoms. The number of halogens is 1. The molecule has 0 fully saturated rings. The third-order valence-electron chi connectivity index (χ3n) is 3.11. The van der Waals surface area contributed by atoms with E-state index in [-0.39, 0.29) is 5.69 Å². The number of rotatable bonds is 1. The summed E-state index contributed by atoms with van der Waals surface area (Å²) in [6, 6.07) is 2.96. The summed E-state index contributed by atoms with van der Waals surface area (Å²) in [5, 5.41) is 14.7. The van der Waals surface area contributed by atoms with Gasteiger partial charge in [0.05, 0.1) is 9.95 Å². The summed E-state index contributed by atoms with van der Waals surface area (Å²) in [7, 11) is 0. The van der Waals surface area contributed by atoms with Crippen LogP contribution in [-0.4, -0.2) is 21.0 Å². The molecule has 1 aliphatic rings. The second-order valence-corrected chi connectivity index (χ2v) is 4.65. The molecule has 94 valence electrons. The zero-order chi connectivity index (χ0) is 12.7. The molecule has 1 aliphatic heterocycles. The van der Waals surface area contributed by atoms with Gasteiger partial charge in [0.2, 0.25) is 5.95 Å². The second-order valence-electron chi connectivity index (χ2n) is 4.24. The number of hydrogen-bond acceptors (Lipinski definition) is 4. The molecule has 0 bridgehead atoms. The number of benzene rings is 1. The Morgan fingerprint density at radius 2 is 2.28 bits per heavy atom. The van der Waals surface area contributed by atoms with Crippen molar-refractivity contribution in [1.29, 1.82) is 0 Å². The molecule has 2 aromatic rings. The molecule has 6 nitrogen and oxygen atoms in total. The van der Waals surface area contributed by atoms with Gasteiger partial charge in [-0.1, -0.05) is 11.6 Å². The molecule has 0 atom stereocenters. The first-order valence-corrected chi connectivity index (χ1v) is 6.13. The summed E-state index contributed by atoms with van der Waals surface area (Å²) in [4.78, 5) is 15.1. The maximum absolute atomic E-state index is 11.1. The number of nitro benzene ring substituents is 1. The van der Waals surface area contributed by atoms with Crippen molar-refractivity contribution < 1.29 is 4.92 Å². The van der Waals surface area contributed by atoms with Gasteiger partial charge in [-0.2, -0.15) is 0 Å². The highest BCUT2D eigenvalue weighted by atomic mass is 35.5. The lowest BCUT2D eigenvalue weighted by atomic mass is 10.2. The Labute approximate surface area is 108 Å². The Morgan fingerprint density at radius 3 is 3.06 bits per heavy atom. The quantitative estimate of drug-likeness (QED) is 0.636. The van der Waals surface area contributed by atoms with Gasteiger partial charge in [-0.05, 0) is 18.9 Å². The predicted octanol–water partition coefficient (Wildman–Crippen LogP) is 2.80. The average molecular weight is 267 g/mol. The number of aryl methyl sites for hydroxylation is 1. The van der Waals surface area contributed by atoms with Gasteiger partial charge in [0.15, 0.2) is 5.52 Å². The van der Waals surface area contributed by atoms with E-state index in [1.54, 1.807) is 0 Å². The fourth-order valence-corrected chi connectivity index (χ4v) is 2.48. The lowest BCUT2D eigenvalue weighted by Gasteiger charge is -2.04. The van der Waals surface area contributed by atoms with E-state index in [0.717, 1.165) is 25.9 Å². The molecular weight excluding hydrogens is 256 g/mol. The van der Waals surface area contributed by atoms with E-state index in [1.165, 1.54) is 12.1 Å². The number of nitro groups is 1. The minimum atomic E-state index is -0.390. The third-order valence-corrected chi connectivity index (χ3v) is 3.42. The van der Waals surface area contributed by atoms with Crippen molar-refractivity contribution in [2.24, 2.45) is 0 Å². The van der Waals surface area contributed by atoms with Gasteiger partial charge < -0.3 is 9.88 Å². The monoisotopic (exact) mass is 266 g/mol. The standard InChI is InChI=1S/C11H11ClN4O2/c12-7-3-4-8(16(17)18)10-9(7)14-11-13-5-1-2-6-15(10)11/h3-4H,1-2,5-6H2,(H,13,14). The predicted molar refractivity (Wildman–Crippen MR) is 69.1 cm³/mol. The van der Waals surface area contributed by atoms with Gasteiger partial charge >= 0.3 is 0 Å². The largest absolute Gasteiger partial charge is 0.356 e. The third kappa shape index (κ3) is 1.60. The van der Waals surface area contributed by atoms with E-state index in [9.17, 15) is 10.1 Å². The molecule has 18 heavy (non-hydrogen) atoms. The van der Waals surface area contributed by atoms with E-state index in [0.29, 0.717) is 22.0 Å². The Morgan fingerprint density at radius 1 is 1.44 bits per heavy atom. The first-order valence-electron chi connectivity index (χ1n) is 5.75. The van der Waals surface area contributed by atoms with Crippen LogP contribution in [0.1, 0.15) is 12.8 Å². The molecular formula is C11H11ClN4O2. The van der Waals surface area contributed by atoms with Crippen LogP contribution in [0.4, 0.5) is 11.6 Å². The van der Waals surface area contributed by atoms with Gasteiger partial charge in [0.25, 0.3) is 5.69 Å². The maximum atomic E-state index is 11.1. The smallest absolute Gasteiger partial charge is 0.295 e. The maximum Gasteiger partial charge on any atom is 0.295 e. The number of nitrogens with zero attached hydrogens (tertiary/aromatic N) is 3. The molecule has 0 saturated heterocycles. The number of non-ortho nitro benzene ring substituents is 1. The van der Waals surface area contributed by atoms with Crippen molar-refractivity contribution in [3.05, 3.63) is 27.3 Å². The molecule has 1 N–H and O–H groups in total. The fraction of sp³-hybridized carbons (Fsp3) is 0.364. The Bertz CT molecular complexity index is 637. The van der Waals surface area contributed by atoms with Crippen molar-refractivity contribution in [2.45, 2.75) is 19.4 Å². The Hall–Kier alpha value is -1.82. The van der Waals surface area contributed by atoms with Crippen LogP contribution >= 0.6 is 11.6 Å². The minimum absolute atomic E-state index is 0.0526. The summed E-state index contributed by atoms with van der Waals surface area (Å²) in [6.07, 6.45) is 1.99. The van der Waals surface area contributed by atoms with E-state index in [2.05, 4.69) is 10.3 Å². The highest BCUT2D eigenvalue weighted by Gasteiger charge is 2.23. The van der Waals surface area contributed by atoms with Crippen LogP contribution in [-0.2, 0) is 6.54 Å². The summed E-state index contributed by atoms with van der Waals surface area (Å²) in [6.45, 7) is 1.55. The first-order chi connectivity index (χ1) is 8.68. The molecule has 0 aliphatic carbocycles. The SMILES string of the molecule is O=[N+]([O-])c1ccc(Cl)c2nc3n(c12)CCCCN3. The van der Waals surface area contributed by atoms with Gasteiger partial charge in [0, 0.05) is 19.2 Å². The topological polar surface area (TPSA) is 73.0 Å². The van der Waals surface area contributed by atoms with Crippen molar-refractivity contribution in [3.8, 4) is 0 Å². The van der Waals surface area contributed by atoms with Crippen LogP contribution in [0.5, 0.6) is 0 Å². The summed E-state index contributed by atoms with van der Waals surface area (Å²) in [5.74, 6) is 0.665. The van der Waals surface area contributed by atoms with Gasteiger partial charge in [-0.3, -0.25) is 10.1 Å². The zero-order valence-corrected chi connectivity index (χ0v) is 10.3. The Balaban J connectivity index is 2.35. The molecule has 0 amide bonds. The lowest BCUT2D eigenvalue weighted by Crippen LogP contribution is -2.03. The summed E-state index contributed by atoms with van der Waals surface area (Å²) < 4.78 is 1.85. The van der Waals surface area contributed by atoms with Crippen molar-refractivity contribution >= 4 is 34.3 Å². The number of nitrogens with one attached hydrogen (secondary N) is 1. The normalized spacial score (nSPS) is 14.9. The number of hydrogen-bond donors (Lipinski definition) is 1. The molecule has 3 rings (SSSR count). The van der Waals surface area contributed by atoms with Gasteiger partial charge in [-0.15, -0.1) is 0 Å². The molecule has 0 radical (unpaired) electrons.